The van der Waals surface area contributed by atoms with Gasteiger partial charge < -0.3 is 20.3 Å². The lowest BCUT2D eigenvalue weighted by Crippen LogP contribution is -2.47. The molecule has 0 saturated carbocycles. The summed E-state index contributed by atoms with van der Waals surface area (Å²) in [5.74, 6) is 1.81. The van der Waals surface area contributed by atoms with Crippen LogP contribution < -0.4 is 15.5 Å². The SMILES string of the molecule is CN=C(NCc1ccc(N2CC(C)OC(C)C2)nc1)NC(C)(C)C. The number of anilines is 1. The van der Waals surface area contributed by atoms with E-state index in [9.17, 15) is 0 Å². The molecule has 2 rings (SSSR count). The molecule has 2 heterocycles. The average molecular weight is 333 g/mol. The number of hydrogen-bond donors (Lipinski definition) is 2. The largest absolute Gasteiger partial charge is 0.372 e. The van der Waals surface area contributed by atoms with Gasteiger partial charge in [-0.25, -0.2) is 4.98 Å². The number of ether oxygens (including phenoxy) is 1. The highest BCUT2D eigenvalue weighted by Gasteiger charge is 2.22. The normalized spacial score (nSPS) is 22.4. The van der Waals surface area contributed by atoms with E-state index in [2.05, 4.69) is 72.3 Å². The number of rotatable bonds is 3. The molecule has 0 radical (unpaired) electrons. The molecule has 6 heteroatoms. The molecule has 24 heavy (non-hydrogen) atoms. The number of nitrogens with one attached hydrogen (secondary N) is 2. The van der Waals surface area contributed by atoms with Crippen LogP contribution in [-0.4, -0.2) is 48.8 Å². The summed E-state index contributed by atoms with van der Waals surface area (Å²) in [5, 5.41) is 6.67. The lowest BCUT2D eigenvalue weighted by atomic mass is 10.1. The summed E-state index contributed by atoms with van der Waals surface area (Å²) < 4.78 is 5.78. The van der Waals surface area contributed by atoms with Crippen LogP contribution in [0.1, 0.15) is 40.2 Å². The Hall–Kier alpha value is -1.82. The van der Waals surface area contributed by atoms with Crippen LogP contribution in [0.5, 0.6) is 0 Å². The van der Waals surface area contributed by atoms with Crippen molar-refractivity contribution < 1.29 is 4.74 Å². The van der Waals surface area contributed by atoms with Crippen LogP contribution in [0, 0.1) is 0 Å². The van der Waals surface area contributed by atoms with Crippen molar-refractivity contribution in [3.8, 4) is 0 Å². The second kappa shape index (κ2) is 7.83. The third-order valence-electron chi connectivity index (χ3n) is 3.73. The van der Waals surface area contributed by atoms with E-state index in [0.29, 0.717) is 6.54 Å². The van der Waals surface area contributed by atoms with E-state index >= 15 is 0 Å². The Morgan fingerprint density at radius 1 is 1.29 bits per heavy atom. The van der Waals surface area contributed by atoms with Gasteiger partial charge in [0.05, 0.1) is 12.2 Å². The lowest BCUT2D eigenvalue weighted by molar-refractivity contribution is -0.00545. The first kappa shape index (κ1) is 18.5. The average Bonchev–Trinajstić information content (AvgIpc) is 2.50. The highest BCUT2D eigenvalue weighted by Crippen LogP contribution is 2.18. The van der Waals surface area contributed by atoms with Gasteiger partial charge >= 0.3 is 0 Å². The summed E-state index contributed by atoms with van der Waals surface area (Å²) in [7, 11) is 1.78. The molecule has 0 amide bonds. The first-order valence-electron chi connectivity index (χ1n) is 8.61. The Labute approximate surface area is 145 Å². The molecule has 2 atom stereocenters. The second-order valence-electron chi connectivity index (χ2n) is 7.49. The molecule has 1 aliphatic heterocycles. The van der Waals surface area contributed by atoms with E-state index in [4.69, 9.17) is 4.74 Å². The number of guanidine groups is 1. The van der Waals surface area contributed by atoms with Crippen molar-refractivity contribution in [1.82, 2.24) is 15.6 Å². The third kappa shape index (κ3) is 5.67. The molecule has 1 aromatic heterocycles. The predicted octanol–water partition coefficient (Wildman–Crippen LogP) is 2.16. The third-order valence-corrected chi connectivity index (χ3v) is 3.73. The Morgan fingerprint density at radius 2 is 1.96 bits per heavy atom. The fourth-order valence-corrected chi connectivity index (χ4v) is 2.79. The monoisotopic (exact) mass is 333 g/mol. The summed E-state index contributed by atoms with van der Waals surface area (Å²) in [4.78, 5) is 11.2. The van der Waals surface area contributed by atoms with Crippen LogP contribution in [-0.2, 0) is 11.3 Å². The minimum Gasteiger partial charge on any atom is -0.372 e. The Bertz CT molecular complexity index is 540. The van der Waals surface area contributed by atoms with Crippen LogP contribution in [0.25, 0.3) is 0 Å². The van der Waals surface area contributed by atoms with Gasteiger partial charge in [0.25, 0.3) is 0 Å². The highest BCUT2D eigenvalue weighted by molar-refractivity contribution is 5.80. The molecule has 134 valence electrons. The van der Waals surface area contributed by atoms with Gasteiger partial charge in [0.15, 0.2) is 5.96 Å². The molecule has 1 aromatic rings. The smallest absolute Gasteiger partial charge is 0.191 e. The maximum atomic E-state index is 5.78. The van der Waals surface area contributed by atoms with Gasteiger partial charge in [-0.2, -0.15) is 0 Å². The van der Waals surface area contributed by atoms with Gasteiger partial charge in [-0.3, -0.25) is 4.99 Å². The molecule has 0 aliphatic carbocycles. The van der Waals surface area contributed by atoms with E-state index in [1.807, 2.05) is 6.20 Å². The molecule has 0 aromatic carbocycles. The van der Waals surface area contributed by atoms with Crippen LogP contribution >= 0.6 is 0 Å². The van der Waals surface area contributed by atoms with Gasteiger partial charge in [-0.15, -0.1) is 0 Å². The van der Waals surface area contributed by atoms with E-state index in [-0.39, 0.29) is 17.7 Å². The second-order valence-corrected chi connectivity index (χ2v) is 7.49. The van der Waals surface area contributed by atoms with E-state index in [0.717, 1.165) is 30.4 Å². The van der Waals surface area contributed by atoms with Gasteiger partial charge in [0.2, 0.25) is 0 Å². The molecule has 0 spiro atoms. The Morgan fingerprint density at radius 3 is 2.46 bits per heavy atom. The molecular formula is C18H31N5O. The molecule has 2 unspecified atom stereocenters. The first-order valence-corrected chi connectivity index (χ1v) is 8.61. The van der Waals surface area contributed by atoms with E-state index < -0.39 is 0 Å². The zero-order chi connectivity index (χ0) is 17.7. The molecule has 2 N–H and O–H groups in total. The van der Waals surface area contributed by atoms with Crippen molar-refractivity contribution in [2.75, 3.05) is 25.0 Å². The quantitative estimate of drug-likeness (QED) is 0.656. The van der Waals surface area contributed by atoms with E-state index in [1.165, 1.54) is 0 Å². The van der Waals surface area contributed by atoms with Crippen molar-refractivity contribution >= 4 is 11.8 Å². The summed E-state index contributed by atoms with van der Waals surface area (Å²) >= 11 is 0. The molecule has 1 aliphatic rings. The Balaban J connectivity index is 1.92. The minimum atomic E-state index is -0.0202. The lowest BCUT2D eigenvalue weighted by Gasteiger charge is -2.36. The van der Waals surface area contributed by atoms with Gasteiger partial charge in [-0.05, 0) is 46.2 Å². The van der Waals surface area contributed by atoms with E-state index in [1.54, 1.807) is 7.05 Å². The number of hydrogen-bond acceptors (Lipinski definition) is 4. The van der Waals surface area contributed by atoms with Gasteiger partial charge in [0.1, 0.15) is 5.82 Å². The maximum absolute atomic E-state index is 5.78. The summed E-state index contributed by atoms with van der Waals surface area (Å²) in [6.07, 6.45) is 2.41. The van der Waals surface area contributed by atoms with Crippen molar-refractivity contribution in [3.05, 3.63) is 23.9 Å². The van der Waals surface area contributed by atoms with Crippen LogP contribution in [0.3, 0.4) is 0 Å². The Kier molecular flexibility index (Phi) is 6.04. The first-order chi connectivity index (χ1) is 11.3. The van der Waals surface area contributed by atoms with Crippen molar-refractivity contribution in [2.24, 2.45) is 4.99 Å². The summed E-state index contributed by atoms with van der Waals surface area (Å²) in [6.45, 7) is 13.0. The predicted molar refractivity (Wildman–Crippen MR) is 99.5 cm³/mol. The van der Waals surface area contributed by atoms with Crippen molar-refractivity contribution in [2.45, 2.75) is 58.9 Å². The molecule has 0 bridgehead atoms. The standard InChI is InChI=1S/C18H31N5O/c1-13-11-23(12-14(2)24-13)16-8-7-15(9-20-16)10-21-17(19-6)22-18(3,4)5/h7-9,13-14H,10-12H2,1-6H3,(H2,19,21,22). The van der Waals surface area contributed by atoms with Crippen LogP contribution in [0.2, 0.25) is 0 Å². The molecule has 6 nitrogen and oxygen atoms in total. The van der Waals surface area contributed by atoms with Crippen LogP contribution in [0.15, 0.2) is 23.3 Å². The fourth-order valence-electron chi connectivity index (χ4n) is 2.79. The maximum Gasteiger partial charge on any atom is 0.191 e. The number of pyridine rings is 1. The fraction of sp³-hybridized carbons (Fsp3) is 0.667. The number of nitrogens with zero attached hydrogens (tertiary/aromatic N) is 3. The summed E-state index contributed by atoms with van der Waals surface area (Å²) in [6, 6.07) is 4.20. The van der Waals surface area contributed by atoms with Gasteiger partial charge in [-0.1, -0.05) is 6.07 Å². The van der Waals surface area contributed by atoms with Crippen LogP contribution in [0.4, 0.5) is 5.82 Å². The topological polar surface area (TPSA) is 61.8 Å². The molecule has 1 saturated heterocycles. The number of aliphatic imine (C=N–C) groups is 1. The number of aromatic nitrogens is 1. The zero-order valence-corrected chi connectivity index (χ0v) is 15.8. The molecular weight excluding hydrogens is 302 g/mol. The van der Waals surface area contributed by atoms with Gasteiger partial charge in [0, 0.05) is 38.4 Å². The number of morpholine rings is 1. The highest BCUT2D eigenvalue weighted by atomic mass is 16.5. The minimum absolute atomic E-state index is 0.0202. The molecule has 1 fully saturated rings. The van der Waals surface area contributed by atoms with Crippen molar-refractivity contribution in [3.63, 3.8) is 0 Å². The van der Waals surface area contributed by atoms with Crippen molar-refractivity contribution in [1.29, 1.82) is 0 Å². The zero-order valence-electron chi connectivity index (χ0n) is 15.8. The summed E-state index contributed by atoms with van der Waals surface area (Å²) in [5.41, 5.74) is 1.11.